The largest absolute Gasteiger partial charge is 0.508 e. The Balaban J connectivity index is 1.84. The number of amidine groups is 1. The number of benzene rings is 2. The van der Waals surface area contributed by atoms with E-state index in [0.717, 1.165) is 5.56 Å². The maximum atomic E-state index is 12.1. The predicted molar refractivity (Wildman–Crippen MR) is 124 cm³/mol. The van der Waals surface area contributed by atoms with Gasteiger partial charge in [0.15, 0.2) is 5.78 Å². The van der Waals surface area contributed by atoms with Crippen molar-refractivity contribution in [2.24, 2.45) is 10.7 Å². The Morgan fingerprint density at radius 3 is 2.59 bits per heavy atom. The van der Waals surface area contributed by atoms with Crippen LogP contribution in [0.2, 0.25) is 5.02 Å². The Bertz CT molecular complexity index is 1200. The smallest absolute Gasteiger partial charge is 0.178 e. The Kier molecular flexibility index (Phi) is 7.22. The van der Waals surface area contributed by atoms with Crippen molar-refractivity contribution >= 4 is 29.3 Å². The first-order valence-electron chi connectivity index (χ1n) is 9.65. The van der Waals surface area contributed by atoms with Crippen LogP contribution in [-0.2, 0) is 11.2 Å². The number of furan rings is 1. The molecule has 7 nitrogen and oxygen atoms in total. The molecule has 32 heavy (non-hydrogen) atoms. The van der Waals surface area contributed by atoms with Crippen LogP contribution in [0.15, 0.2) is 63.6 Å². The number of methoxy groups -OCH3 is 2. The molecule has 3 rings (SSSR count). The van der Waals surface area contributed by atoms with Gasteiger partial charge in [-0.15, -0.1) is 0 Å². The maximum absolute atomic E-state index is 12.1. The van der Waals surface area contributed by atoms with Gasteiger partial charge in [-0.1, -0.05) is 11.6 Å². The number of phenolic OH excluding ortho intramolecular Hbond substituents is 1. The van der Waals surface area contributed by atoms with Crippen LogP contribution >= 0.6 is 11.6 Å². The van der Waals surface area contributed by atoms with Crippen LogP contribution < -0.4 is 15.2 Å². The van der Waals surface area contributed by atoms with E-state index in [0.29, 0.717) is 33.6 Å². The van der Waals surface area contributed by atoms with Crippen molar-refractivity contribution in [2.75, 3.05) is 14.2 Å². The average molecular weight is 455 g/mol. The normalized spacial score (nSPS) is 12.0. The number of aromatic hydroxyl groups is 1. The molecule has 0 amide bonds. The fourth-order valence-corrected chi connectivity index (χ4v) is 3.28. The van der Waals surface area contributed by atoms with Crippen LogP contribution in [0, 0.1) is 0 Å². The molecule has 0 saturated carbocycles. The lowest BCUT2D eigenvalue weighted by Crippen LogP contribution is -2.16. The number of ether oxygens (including phenoxy) is 2. The van der Waals surface area contributed by atoms with E-state index in [9.17, 15) is 9.90 Å². The zero-order valence-electron chi connectivity index (χ0n) is 17.9. The van der Waals surface area contributed by atoms with E-state index in [1.54, 1.807) is 43.5 Å². The van der Waals surface area contributed by atoms with Gasteiger partial charge in [-0.05, 0) is 48.0 Å². The van der Waals surface area contributed by atoms with Crippen molar-refractivity contribution in [2.45, 2.75) is 13.3 Å². The number of carbonyl (C=O) groups excluding carboxylic acids is 1. The molecule has 0 radical (unpaired) electrons. The number of phenols is 1. The molecule has 3 aromatic rings. The first-order valence-corrected chi connectivity index (χ1v) is 10.0. The standard InChI is InChI=1S/C24H23ClN2O5/c1-14(28)21(27-24(26)10-15-8-17(29)12-19(9-15)30-2)13-18-5-7-22(32-18)16-4-6-23(31-3)20(25)11-16/h4-9,11-13,29H,10H2,1-3H3,(H2,26,27)/b21-13+. The molecule has 1 aromatic heterocycles. The number of hydrogen-bond acceptors (Lipinski definition) is 6. The molecule has 0 atom stereocenters. The van der Waals surface area contributed by atoms with Crippen molar-refractivity contribution in [3.05, 3.63) is 70.6 Å². The summed E-state index contributed by atoms with van der Waals surface area (Å²) >= 11 is 6.19. The van der Waals surface area contributed by atoms with Crippen molar-refractivity contribution in [3.8, 4) is 28.6 Å². The van der Waals surface area contributed by atoms with Crippen molar-refractivity contribution in [3.63, 3.8) is 0 Å². The van der Waals surface area contributed by atoms with Gasteiger partial charge in [0.2, 0.25) is 0 Å². The number of nitrogens with two attached hydrogens (primary N) is 1. The minimum Gasteiger partial charge on any atom is -0.508 e. The Hall–Kier alpha value is -3.71. The maximum Gasteiger partial charge on any atom is 0.178 e. The summed E-state index contributed by atoms with van der Waals surface area (Å²) < 4.78 is 16.1. The number of allylic oxidation sites excluding steroid dienone is 1. The Labute approximate surface area is 190 Å². The number of rotatable bonds is 8. The van der Waals surface area contributed by atoms with Crippen LogP contribution in [0.25, 0.3) is 17.4 Å². The molecule has 8 heteroatoms. The Morgan fingerprint density at radius 2 is 1.94 bits per heavy atom. The molecule has 0 aliphatic rings. The highest BCUT2D eigenvalue weighted by molar-refractivity contribution is 6.32. The van der Waals surface area contributed by atoms with Crippen LogP contribution in [0.3, 0.4) is 0 Å². The van der Waals surface area contributed by atoms with Gasteiger partial charge in [-0.25, -0.2) is 4.99 Å². The highest BCUT2D eigenvalue weighted by atomic mass is 35.5. The van der Waals surface area contributed by atoms with Gasteiger partial charge in [0, 0.05) is 31.1 Å². The lowest BCUT2D eigenvalue weighted by atomic mass is 10.1. The summed E-state index contributed by atoms with van der Waals surface area (Å²) in [5.41, 5.74) is 7.66. The molecular formula is C24H23ClN2O5. The van der Waals surface area contributed by atoms with E-state index in [1.807, 2.05) is 6.07 Å². The van der Waals surface area contributed by atoms with Crippen LogP contribution in [-0.4, -0.2) is 30.9 Å². The predicted octanol–water partition coefficient (Wildman–Crippen LogP) is 4.85. The van der Waals surface area contributed by atoms with Crippen LogP contribution in [0.4, 0.5) is 0 Å². The molecule has 1 heterocycles. The second-order valence-electron chi connectivity index (χ2n) is 6.96. The van der Waals surface area contributed by atoms with E-state index in [1.165, 1.54) is 26.2 Å². The molecule has 0 fully saturated rings. The third kappa shape index (κ3) is 5.70. The lowest BCUT2D eigenvalue weighted by Gasteiger charge is -2.06. The van der Waals surface area contributed by atoms with Crippen LogP contribution in [0.1, 0.15) is 18.2 Å². The number of nitrogens with zero attached hydrogens (tertiary/aromatic N) is 1. The minimum atomic E-state index is -0.271. The van der Waals surface area contributed by atoms with E-state index in [2.05, 4.69) is 4.99 Å². The van der Waals surface area contributed by atoms with Crippen LogP contribution in [0.5, 0.6) is 17.2 Å². The minimum absolute atomic E-state index is 0.0521. The first-order chi connectivity index (χ1) is 15.3. The summed E-state index contributed by atoms with van der Waals surface area (Å²) in [5.74, 6) is 2.06. The summed E-state index contributed by atoms with van der Waals surface area (Å²) in [4.78, 5) is 16.4. The number of halogens is 1. The molecule has 0 aliphatic heterocycles. The van der Waals surface area contributed by atoms with Gasteiger partial charge in [0.05, 0.1) is 19.2 Å². The number of hydrogen-bond donors (Lipinski definition) is 2. The van der Waals surface area contributed by atoms with Gasteiger partial charge < -0.3 is 24.7 Å². The van der Waals surface area contributed by atoms with Gasteiger partial charge in [0.1, 0.15) is 40.3 Å². The van der Waals surface area contributed by atoms with Crippen molar-refractivity contribution < 1.29 is 23.8 Å². The van der Waals surface area contributed by atoms with Gasteiger partial charge in [-0.2, -0.15) is 0 Å². The molecule has 0 aliphatic carbocycles. The van der Waals surface area contributed by atoms with Crippen molar-refractivity contribution in [1.29, 1.82) is 0 Å². The highest BCUT2D eigenvalue weighted by Crippen LogP contribution is 2.31. The van der Waals surface area contributed by atoms with E-state index in [-0.39, 0.29) is 29.5 Å². The topological polar surface area (TPSA) is 107 Å². The van der Waals surface area contributed by atoms with Gasteiger partial charge in [0.25, 0.3) is 0 Å². The Morgan fingerprint density at radius 1 is 1.16 bits per heavy atom. The monoisotopic (exact) mass is 454 g/mol. The summed E-state index contributed by atoms with van der Waals surface area (Å²) in [6, 6.07) is 13.6. The van der Waals surface area contributed by atoms with E-state index >= 15 is 0 Å². The summed E-state index contributed by atoms with van der Waals surface area (Å²) in [7, 11) is 3.05. The molecule has 0 unspecified atom stereocenters. The molecule has 3 N–H and O–H groups in total. The molecule has 2 aromatic carbocycles. The fourth-order valence-electron chi connectivity index (χ4n) is 3.02. The molecule has 0 bridgehead atoms. The second kappa shape index (κ2) is 10.1. The zero-order chi connectivity index (χ0) is 23.3. The molecule has 0 spiro atoms. The molecular weight excluding hydrogens is 432 g/mol. The third-order valence-electron chi connectivity index (χ3n) is 4.54. The lowest BCUT2D eigenvalue weighted by molar-refractivity contribution is -0.113. The quantitative estimate of drug-likeness (QED) is 0.286. The molecule has 166 valence electrons. The summed E-state index contributed by atoms with van der Waals surface area (Å²) in [5, 5.41) is 10.3. The fraction of sp³-hybridized carbons (Fsp3) is 0.167. The number of ketones is 1. The number of aliphatic imine (C=N–C) groups is 1. The number of carbonyl (C=O) groups is 1. The third-order valence-corrected chi connectivity index (χ3v) is 4.83. The molecule has 0 saturated heterocycles. The second-order valence-corrected chi connectivity index (χ2v) is 7.36. The van der Waals surface area contributed by atoms with E-state index < -0.39 is 0 Å². The first kappa shape index (κ1) is 23.0. The summed E-state index contributed by atoms with van der Waals surface area (Å²) in [6.07, 6.45) is 1.75. The zero-order valence-corrected chi connectivity index (χ0v) is 18.6. The van der Waals surface area contributed by atoms with Gasteiger partial charge in [-0.3, -0.25) is 4.79 Å². The summed E-state index contributed by atoms with van der Waals surface area (Å²) in [6.45, 7) is 1.40. The van der Waals surface area contributed by atoms with Gasteiger partial charge >= 0.3 is 0 Å². The average Bonchev–Trinajstić information content (AvgIpc) is 3.21. The highest BCUT2D eigenvalue weighted by Gasteiger charge is 2.11. The van der Waals surface area contributed by atoms with E-state index in [4.69, 9.17) is 31.2 Å². The SMILES string of the molecule is COc1cc(O)cc(CC(N)=N/C(=C/c2ccc(-c3ccc(OC)c(Cl)c3)o2)C(C)=O)c1. The number of Topliss-reactive ketones (excluding diaryl/α,β-unsaturated/α-hetero) is 1. The van der Waals surface area contributed by atoms with Crippen molar-refractivity contribution in [1.82, 2.24) is 0 Å².